The fourth-order valence-corrected chi connectivity index (χ4v) is 1.75. The summed E-state index contributed by atoms with van der Waals surface area (Å²) in [5.74, 6) is -0.255. The summed E-state index contributed by atoms with van der Waals surface area (Å²) in [6.07, 6.45) is 1.63. The van der Waals surface area contributed by atoms with Gasteiger partial charge in [0, 0.05) is 13.5 Å². The van der Waals surface area contributed by atoms with Crippen LogP contribution in [-0.2, 0) is 11.2 Å². The summed E-state index contributed by atoms with van der Waals surface area (Å²) in [5, 5.41) is 9.94. The van der Waals surface area contributed by atoms with Crippen molar-refractivity contribution in [2.45, 2.75) is 38.4 Å². The molecule has 0 amide bonds. The third-order valence-electron chi connectivity index (χ3n) is 2.66. The number of rotatable bonds is 6. The van der Waals surface area contributed by atoms with Gasteiger partial charge in [0.25, 0.3) is 0 Å². The minimum absolute atomic E-state index is 0.143. The molecule has 2 atom stereocenters. The number of hydrogen-bond donors (Lipinski definition) is 1. The van der Waals surface area contributed by atoms with Crippen LogP contribution in [0.25, 0.3) is 0 Å². The molecular weight excluding hydrogens is 207 g/mol. The van der Waals surface area contributed by atoms with E-state index in [2.05, 4.69) is 6.92 Å². The third kappa shape index (κ3) is 3.91. The highest BCUT2D eigenvalue weighted by Gasteiger charge is 2.17. The van der Waals surface area contributed by atoms with Gasteiger partial charge in [0.05, 0.1) is 12.2 Å². The zero-order valence-electron chi connectivity index (χ0n) is 9.82. The summed E-state index contributed by atoms with van der Waals surface area (Å²) < 4.78 is 17.9. The monoisotopic (exact) mass is 226 g/mol. The fourth-order valence-electron chi connectivity index (χ4n) is 1.75. The Bertz CT molecular complexity index is 297. The largest absolute Gasteiger partial charge is 0.390 e. The number of aliphatic hydroxyl groups excluding tert-OH is 1. The van der Waals surface area contributed by atoms with E-state index >= 15 is 0 Å². The molecule has 0 spiro atoms. The molecule has 0 heterocycles. The molecule has 1 N–H and O–H groups in total. The van der Waals surface area contributed by atoms with E-state index in [-0.39, 0.29) is 11.9 Å². The number of methoxy groups -OCH3 is 1. The first-order valence-corrected chi connectivity index (χ1v) is 5.62. The summed E-state index contributed by atoms with van der Waals surface area (Å²) >= 11 is 0. The molecule has 1 rings (SSSR count). The zero-order valence-corrected chi connectivity index (χ0v) is 9.82. The Hall–Kier alpha value is -0.930. The van der Waals surface area contributed by atoms with Gasteiger partial charge in [0.15, 0.2) is 0 Å². The topological polar surface area (TPSA) is 29.5 Å². The summed E-state index contributed by atoms with van der Waals surface area (Å²) in [4.78, 5) is 0. The lowest BCUT2D eigenvalue weighted by atomic mass is 10.0. The van der Waals surface area contributed by atoms with E-state index in [1.54, 1.807) is 19.2 Å². The van der Waals surface area contributed by atoms with Gasteiger partial charge < -0.3 is 9.84 Å². The van der Waals surface area contributed by atoms with Gasteiger partial charge in [-0.05, 0) is 24.1 Å². The van der Waals surface area contributed by atoms with Crippen LogP contribution in [0.3, 0.4) is 0 Å². The maximum absolute atomic E-state index is 12.7. The van der Waals surface area contributed by atoms with Crippen molar-refractivity contribution in [3.63, 3.8) is 0 Å². The van der Waals surface area contributed by atoms with Gasteiger partial charge >= 0.3 is 0 Å². The van der Waals surface area contributed by atoms with Crippen molar-refractivity contribution >= 4 is 0 Å². The molecule has 0 bridgehead atoms. The molecule has 3 heteroatoms. The van der Waals surface area contributed by atoms with E-state index < -0.39 is 6.10 Å². The Morgan fingerprint density at radius 1 is 1.31 bits per heavy atom. The minimum Gasteiger partial charge on any atom is -0.390 e. The second kappa shape index (κ2) is 6.61. The van der Waals surface area contributed by atoms with Gasteiger partial charge in [0.1, 0.15) is 5.82 Å². The van der Waals surface area contributed by atoms with Crippen LogP contribution in [0.15, 0.2) is 24.3 Å². The maximum Gasteiger partial charge on any atom is 0.123 e. The zero-order chi connectivity index (χ0) is 12.0. The molecule has 0 saturated carbocycles. The standard InChI is InChI=1S/C13H19FO2/c1-3-4-13(16-2)12(15)9-10-5-7-11(14)8-6-10/h5-8,12-13,15H,3-4,9H2,1-2H3. The Balaban J connectivity index is 2.55. The lowest BCUT2D eigenvalue weighted by Crippen LogP contribution is -2.29. The second-order valence-corrected chi connectivity index (χ2v) is 3.96. The molecule has 0 aliphatic rings. The van der Waals surface area contributed by atoms with Crippen LogP contribution in [-0.4, -0.2) is 24.4 Å². The summed E-state index contributed by atoms with van der Waals surface area (Å²) in [6, 6.07) is 6.20. The normalized spacial score (nSPS) is 14.8. The number of benzene rings is 1. The first-order valence-electron chi connectivity index (χ1n) is 5.62. The molecule has 1 aromatic rings. The molecule has 90 valence electrons. The van der Waals surface area contributed by atoms with Crippen molar-refractivity contribution in [1.82, 2.24) is 0 Å². The first-order chi connectivity index (χ1) is 7.67. The molecule has 16 heavy (non-hydrogen) atoms. The molecule has 0 aromatic heterocycles. The van der Waals surface area contributed by atoms with Gasteiger partial charge in [-0.2, -0.15) is 0 Å². The van der Waals surface area contributed by atoms with Crippen LogP contribution >= 0.6 is 0 Å². The van der Waals surface area contributed by atoms with Gasteiger partial charge in [-0.3, -0.25) is 0 Å². The molecule has 2 unspecified atom stereocenters. The summed E-state index contributed by atoms with van der Waals surface area (Å²) in [5.41, 5.74) is 0.923. The first kappa shape index (κ1) is 13.1. The van der Waals surface area contributed by atoms with Crippen LogP contribution in [0.5, 0.6) is 0 Å². The van der Waals surface area contributed by atoms with Crippen molar-refractivity contribution in [3.05, 3.63) is 35.6 Å². The molecule has 0 radical (unpaired) electrons. The Kier molecular flexibility index (Phi) is 5.43. The van der Waals surface area contributed by atoms with Crippen molar-refractivity contribution in [3.8, 4) is 0 Å². The van der Waals surface area contributed by atoms with Gasteiger partial charge in [-0.1, -0.05) is 25.5 Å². The van der Waals surface area contributed by atoms with Crippen LogP contribution in [0.4, 0.5) is 4.39 Å². The lowest BCUT2D eigenvalue weighted by molar-refractivity contribution is -0.0159. The van der Waals surface area contributed by atoms with E-state index in [1.807, 2.05) is 0 Å². The molecule has 1 aromatic carbocycles. The molecule has 2 nitrogen and oxygen atoms in total. The van der Waals surface area contributed by atoms with Gasteiger partial charge in [-0.25, -0.2) is 4.39 Å². The predicted molar refractivity (Wildman–Crippen MR) is 61.8 cm³/mol. The van der Waals surface area contributed by atoms with Crippen LogP contribution in [0, 0.1) is 5.82 Å². The molecular formula is C13H19FO2. The number of aliphatic hydroxyl groups is 1. The average molecular weight is 226 g/mol. The molecule has 0 saturated heterocycles. The van der Waals surface area contributed by atoms with Crippen molar-refractivity contribution in [1.29, 1.82) is 0 Å². The number of ether oxygens (including phenoxy) is 1. The van der Waals surface area contributed by atoms with Crippen LogP contribution < -0.4 is 0 Å². The SMILES string of the molecule is CCCC(OC)C(O)Cc1ccc(F)cc1. The Morgan fingerprint density at radius 2 is 1.94 bits per heavy atom. The highest BCUT2D eigenvalue weighted by molar-refractivity contribution is 5.17. The average Bonchev–Trinajstić information content (AvgIpc) is 2.29. The number of halogens is 1. The quantitative estimate of drug-likeness (QED) is 0.807. The van der Waals surface area contributed by atoms with E-state index in [4.69, 9.17) is 4.74 Å². The second-order valence-electron chi connectivity index (χ2n) is 3.96. The third-order valence-corrected chi connectivity index (χ3v) is 2.66. The lowest BCUT2D eigenvalue weighted by Gasteiger charge is -2.21. The Labute approximate surface area is 96.1 Å². The number of hydrogen-bond acceptors (Lipinski definition) is 2. The van der Waals surface area contributed by atoms with Gasteiger partial charge in [-0.15, -0.1) is 0 Å². The smallest absolute Gasteiger partial charge is 0.123 e. The fraction of sp³-hybridized carbons (Fsp3) is 0.538. The summed E-state index contributed by atoms with van der Waals surface area (Å²) in [7, 11) is 1.61. The molecule has 0 fully saturated rings. The summed E-state index contributed by atoms with van der Waals surface area (Å²) in [6.45, 7) is 2.05. The predicted octanol–water partition coefficient (Wildman–Crippen LogP) is 2.54. The van der Waals surface area contributed by atoms with Crippen LogP contribution in [0.2, 0.25) is 0 Å². The van der Waals surface area contributed by atoms with E-state index in [0.29, 0.717) is 6.42 Å². The van der Waals surface area contributed by atoms with E-state index in [9.17, 15) is 9.50 Å². The van der Waals surface area contributed by atoms with Crippen molar-refractivity contribution in [2.75, 3.05) is 7.11 Å². The van der Waals surface area contributed by atoms with Gasteiger partial charge in [0.2, 0.25) is 0 Å². The highest BCUT2D eigenvalue weighted by Crippen LogP contribution is 2.12. The Morgan fingerprint density at radius 3 is 2.44 bits per heavy atom. The van der Waals surface area contributed by atoms with Crippen molar-refractivity contribution in [2.24, 2.45) is 0 Å². The van der Waals surface area contributed by atoms with Crippen LogP contribution in [0.1, 0.15) is 25.3 Å². The minimum atomic E-state index is -0.532. The maximum atomic E-state index is 12.7. The van der Waals surface area contributed by atoms with Crippen molar-refractivity contribution < 1.29 is 14.2 Å². The van der Waals surface area contributed by atoms with E-state index in [1.165, 1.54) is 12.1 Å². The molecule has 0 aliphatic heterocycles. The highest BCUT2D eigenvalue weighted by atomic mass is 19.1. The molecule has 0 aliphatic carbocycles. The van der Waals surface area contributed by atoms with E-state index in [0.717, 1.165) is 18.4 Å².